The van der Waals surface area contributed by atoms with Crippen molar-refractivity contribution in [2.24, 2.45) is 0 Å². The first-order valence-corrected chi connectivity index (χ1v) is 10.0. The van der Waals surface area contributed by atoms with E-state index >= 15 is 0 Å². The number of benzene rings is 2. The Bertz CT molecular complexity index is 938. The van der Waals surface area contributed by atoms with Crippen molar-refractivity contribution in [1.82, 2.24) is 0 Å². The average molecular weight is 394 g/mol. The van der Waals surface area contributed by atoms with Gasteiger partial charge in [-0.25, -0.2) is 0 Å². The molecule has 0 spiro atoms. The number of carbonyl (C=O) groups excluding carboxylic acids is 2. The molecule has 6 heteroatoms. The number of carbonyl (C=O) groups is 2. The molecule has 0 radical (unpaired) electrons. The van der Waals surface area contributed by atoms with Gasteiger partial charge < -0.3 is 15.4 Å². The van der Waals surface area contributed by atoms with Crippen LogP contribution in [-0.2, 0) is 0 Å². The average Bonchev–Trinajstić information content (AvgIpc) is 3.24. The van der Waals surface area contributed by atoms with Gasteiger partial charge in [-0.2, -0.15) is 0 Å². The zero-order chi connectivity index (χ0) is 19.8. The summed E-state index contributed by atoms with van der Waals surface area (Å²) in [6.07, 6.45) is 2.03. The Morgan fingerprint density at radius 1 is 0.929 bits per heavy atom. The highest BCUT2D eigenvalue weighted by Gasteiger charge is 2.10. The summed E-state index contributed by atoms with van der Waals surface area (Å²) in [6, 6.07) is 17.8. The lowest BCUT2D eigenvalue weighted by Crippen LogP contribution is -2.13. The molecule has 3 aromatic rings. The summed E-state index contributed by atoms with van der Waals surface area (Å²) in [6.45, 7) is 2.73. The Kier molecular flexibility index (Phi) is 6.81. The van der Waals surface area contributed by atoms with Gasteiger partial charge >= 0.3 is 0 Å². The largest absolute Gasteiger partial charge is 0.494 e. The first-order valence-electron chi connectivity index (χ1n) is 9.15. The zero-order valence-electron chi connectivity index (χ0n) is 15.6. The fourth-order valence-electron chi connectivity index (χ4n) is 2.54. The summed E-state index contributed by atoms with van der Waals surface area (Å²) in [5, 5.41) is 7.55. The fourth-order valence-corrected chi connectivity index (χ4v) is 3.16. The minimum atomic E-state index is -0.234. The SMILES string of the molecule is CCCCOc1cccc(C(=O)Nc2cccc(NC(=O)c3cccs3)c2)c1. The summed E-state index contributed by atoms with van der Waals surface area (Å²) in [5.41, 5.74) is 1.74. The molecule has 2 amide bonds. The summed E-state index contributed by atoms with van der Waals surface area (Å²) in [4.78, 5) is 25.4. The molecule has 0 unspecified atom stereocenters. The van der Waals surface area contributed by atoms with Crippen LogP contribution in [0.5, 0.6) is 5.75 Å². The number of nitrogens with one attached hydrogen (secondary N) is 2. The van der Waals surface area contributed by atoms with Crippen LogP contribution >= 0.6 is 11.3 Å². The van der Waals surface area contributed by atoms with Gasteiger partial charge in [0.05, 0.1) is 11.5 Å². The Hall–Kier alpha value is -3.12. The van der Waals surface area contributed by atoms with Crippen molar-refractivity contribution in [3.8, 4) is 5.75 Å². The minimum Gasteiger partial charge on any atom is -0.494 e. The Balaban J connectivity index is 1.64. The van der Waals surface area contributed by atoms with E-state index in [9.17, 15) is 9.59 Å². The summed E-state index contributed by atoms with van der Waals surface area (Å²) in [5.74, 6) is 0.274. The van der Waals surface area contributed by atoms with Crippen molar-refractivity contribution in [3.63, 3.8) is 0 Å². The maximum atomic E-state index is 12.6. The van der Waals surface area contributed by atoms with Crippen molar-refractivity contribution in [3.05, 3.63) is 76.5 Å². The van der Waals surface area contributed by atoms with Crippen LogP contribution < -0.4 is 15.4 Å². The second-order valence-corrected chi connectivity index (χ2v) is 7.14. The summed E-state index contributed by atoms with van der Waals surface area (Å²) < 4.78 is 5.66. The normalized spacial score (nSPS) is 10.3. The number of thiophene rings is 1. The lowest BCUT2D eigenvalue weighted by atomic mass is 10.2. The predicted octanol–water partition coefficient (Wildman–Crippen LogP) is 5.43. The maximum absolute atomic E-state index is 12.6. The topological polar surface area (TPSA) is 67.4 Å². The van der Waals surface area contributed by atoms with Gasteiger partial charge in [0.25, 0.3) is 11.8 Å². The number of anilines is 2. The molecule has 1 aromatic heterocycles. The number of amides is 2. The van der Waals surface area contributed by atoms with Crippen LogP contribution in [0.2, 0.25) is 0 Å². The lowest BCUT2D eigenvalue weighted by molar-refractivity contribution is 0.102. The number of hydrogen-bond acceptors (Lipinski definition) is 4. The molecular formula is C22H22N2O3S. The molecule has 144 valence electrons. The van der Waals surface area contributed by atoms with Crippen molar-refractivity contribution in [1.29, 1.82) is 0 Å². The van der Waals surface area contributed by atoms with Crippen molar-refractivity contribution in [2.45, 2.75) is 19.8 Å². The van der Waals surface area contributed by atoms with E-state index in [4.69, 9.17) is 4.74 Å². The molecule has 2 N–H and O–H groups in total. The first-order chi connectivity index (χ1) is 13.7. The van der Waals surface area contributed by atoms with Crippen LogP contribution in [-0.4, -0.2) is 18.4 Å². The van der Waals surface area contributed by atoms with Gasteiger partial charge in [-0.1, -0.05) is 31.5 Å². The molecular weight excluding hydrogens is 372 g/mol. The highest BCUT2D eigenvalue weighted by atomic mass is 32.1. The second-order valence-electron chi connectivity index (χ2n) is 6.20. The van der Waals surface area contributed by atoms with Crippen LogP contribution in [0, 0.1) is 0 Å². The van der Waals surface area contributed by atoms with Crippen LogP contribution in [0.15, 0.2) is 66.0 Å². The number of ether oxygens (including phenoxy) is 1. The Labute approximate surface area is 168 Å². The molecule has 3 rings (SSSR count). The molecule has 0 bridgehead atoms. The third-order valence-corrected chi connectivity index (χ3v) is 4.85. The quantitative estimate of drug-likeness (QED) is 0.501. The molecule has 0 aliphatic heterocycles. The smallest absolute Gasteiger partial charge is 0.265 e. The van der Waals surface area contributed by atoms with Gasteiger partial charge in [0.1, 0.15) is 5.75 Å². The molecule has 2 aromatic carbocycles. The van der Waals surface area contributed by atoms with E-state index in [0.717, 1.165) is 12.8 Å². The molecule has 0 aliphatic carbocycles. The monoisotopic (exact) mass is 394 g/mol. The zero-order valence-corrected chi connectivity index (χ0v) is 16.4. The fraction of sp³-hybridized carbons (Fsp3) is 0.182. The molecule has 0 atom stereocenters. The maximum Gasteiger partial charge on any atom is 0.265 e. The van der Waals surface area contributed by atoms with Gasteiger partial charge in [0.2, 0.25) is 0 Å². The van der Waals surface area contributed by atoms with Gasteiger partial charge in [0, 0.05) is 16.9 Å². The van der Waals surface area contributed by atoms with Crippen LogP contribution in [0.25, 0.3) is 0 Å². The standard InChI is InChI=1S/C22H22N2O3S/c1-2-3-12-27-19-10-4-7-16(14-19)21(25)23-17-8-5-9-18(15-17)24-22(26)20-11-6-13-28-20/h4-11,13-15H,2-3,12H2,1H3,(H,23,25)(H,24,26). The molecule has 0 saturated carbocycles. The highest BCUT2D eigenvalue weighted by Crippen LogP contribution is 2.19. The summed E-state index contributed by atoms with van der Waals surface area (Å²) >= 11 is 1.38. The van der Waals surface area contributed by atoms with Crippen molar-refractivity contribution < 1.29 is 14.3 Å². The molecule has 28 heavy (non-hydrogen) atoms. The first kappa shape index (κ1) is 19.6. The second kappa shape index (κ2) is 9.71. The number of rotatable bonds is 8. The highest BCUT2D eigenvalue weighted by molar-refractivity contribution is 7.12. The van der Waals surface area contributed by atoms with Gasteiger partial charge in [-0.05, 0) is 54.3 Å². The van der Waals surface area contributed by atoms with Crippen molar-refractivity contribution in [2.75, 3.05) is 17.2 Å². The van der Waals surface area contributed by atoms with E-state index in [-0.39, 0.29) is 11.8 Å². The lowest BCUT2D eigenvalue weighted by Gasteiger charge is -2.10. The van der Waals surface area contributed by atoms with E-state index in [1.807, 2.05) is 17.5 Å². The van der Waals surface area contributed by atoms with Crippen molar-refractivity contribution >= 4 is 34.5 Å². The van der Waals surface area contributed by atoms with E-state index in [0.29, 0.717) is 34.2 Å². The van der Waals surface area contributed by atoms with Gasteiger partial charge in [-0.15, -0.1) is 11.3 Å². The minimum absolute atomic E-state index is 0.171. The number of hydrogen-bond donors (Lipinski definition) is 2. The molecule has 0 saturated heterocycles. The van der Waals surface area contributed by atoms with Crippen LogP contribution in [0.1, 0.15) is 39.8 Å². The molecule has 1 heterocycles. The molecule has 0 aliphatic rings. The third-order valence-electron chi connectivity index (χ3n) is 3.99. The van der Waals surface area contributed by atoms with E-state index in [2.05, 4.69) is 17.6 Å². The molecule has 0 fully saturated rings. The van der Waals surface area contributed by atoms with E-state index in [1.54, 1.807) is 48.5 Å². The Morgan fingerprint density at radius 3 is 2.39 bits per heavy atom. The Morgan fingerprint density at radius 2 is 1.68 bits per heavy atom. The van der Waals surface area contributed by atoms with Gasteiger partial charge in [-0.3, -0.25) is 9.59 Å². The van der Waals surface area contributed by atoms with Crippen LogP contribution in [0.3, 0.4) is 0 Å². The van der Waals surface area contributed by atoms with Gasteiger partial charge in [0.15, 0.2) is 0 Å². The van der Waals surface area contributed by atoms with E-state index < -0.39 is 0 Å². The van der Waals surface area contributed by atoms with E-state index in [1.165, 1.54) is 11.3 Å². The summed E-state index contributed by atoms with van der Waals surface area (Å²) in [7, 11) is 0. The molecule has 5 nitrogen and oxygen atoms in total. The predicted molar refractivity (Wildman–Crippen MR) is 114 cm³/mol. The number of unbranched alkanes of at least 4 members (excludes halogenated alkanes) is 1. The third kappa shape index (κ3) is 5.44. The van der Waals surface area contributed by atoms with Crippen LogP contribution in [0.4, 0.5) is 11.4 Å².